The number of nitrogens with zero attached hydrogens (tertiary/aromatic N) is 2. The van der Waals surface area contributed by atoms with E-state index in [-0.39, 0.29) is 12.5 Å². The Labute approximate surface area is 144 Å². The Morgan fingerprint density at radius 3 is 2.70 bits per heavy atom. The van der Waals surface area contributed by atoms with E-state index < -0.39 is 0 Å². The minimum absolute atomic E-state index is 0.0421. The van der Waals surface area contributed by atoms with Gasteiger partial charge in [-0.1, -0.05) is 56.0 Å². The minimum Gasteiger partial charge on any atom is -0.484 e. The molecule has 0 atom stereocenters. The summed E-state index contributed by atoms with van der Waals surface area (Å²) in [4.78, 5) is 11.9. The van der Waals surface area contributed by atoms with Gasteiger partial charge < -0.3 is 4.74 Å². The molecule has 1 heterocycles. The lowest BCUT2D eigenvalue weighted by Gasteiger charge is -2.06. The number of hydrogen-bond donors (Lipinski definition) is 1. The van der Waals surface area contributed by atoms with Crippen LogP contribution in [0.4, 0.5) is 5.13 Å². The van der Waals surface area contributed by atoms with E-state index in [1.165, 1.54) is 16.9 Å². The summed E-state index contributed by atoms with van der Waals surface area (Å²) in [5.41, 5.74) is 1.24. The smallest absolute Gasteiger partial charge is 0.264 e. The van der Waals surface area contributed by atoms with E-state index >= 15 is 0 Å². The molecule has 0 bridgehead atoms. The van der Waals surface area contributed by atoms with Gasteiger partial charge in [-0.15, -0.1) is 10.2 Å². The van der Waals surface area contributed by atoms with E-state index in [1.807, 2.05) is 24.3 Å². The molecule has 0 aliphatic rings. The maximum atomic E-state index is 11.9. The van der Waals surface area contributed by atoms with Crippen molar-refractivity contribution in [2.45, 2.75) is 31.5 Å². The molecule has 23 heavy (non-hydrogen) atoms. The van der Waals surface area contributed by atoms with E-state index in [0.717, 1.165) is 16.5 Å². The standard InChI is InChI=1S/C16H21N3O2S2/c1-4-12-5-7-13(8-6-12)21-9-14(20)17-15-18-19-16(23-15)22-10-11(2)3/h5-8,11H,4,9-10H2,1-3H3,(H,17,18,20). The summed E-state index contributed by atoms with van der Waals surface area (Å²) in [6, 6.07) is 7.74. The molecule has 1 amide bonds. The lowest BCUT2D eigenvalue weighted by atomic mass is 10.2. The van der Waals surface area contributed by atoms with Crippen molar-refractivity contribution in [3.63, 3.8) is 0 Å². The van der Waals surface area contributed by atoms with Gasteiger partial charge in [0.2, 0.25) is 5.13 Å². The van der Waals surface area contributed by atoms with Crippen molar-refractivity contribution in [2.24, 2.45) is 5.92 Å². The third kappa shape index (κ3) is 6.19. The highest BCUT2D eigenvalue weighted by Gasteiger charge is 2.10. The number of amides is 1. The van der Waals surface area contributed by atoms with Gasteiger partial charge in [0.25, 0.3) is 5.91 Å². The van der Waals surface area contributed by atoms with Crippen LogP contribution in [-0.4, -0.2) is 28.5 Å². The van der Waals surface area contributed by atoms with Crippen LogP contribution in [0.1, 0.15) is 26.3 Å². The summed E-state index contributed by atoms with van der Waals surface area (Å²) in [6.45, 7) is 6.36. The summed E-state index contributed by atoms with van der Waals surface area (Å²) in [5, 5.41) is 11.2. The Balaban J connectivity index is 1.77. The van der Waals surface area contributed by atoms with Gasteiger partial charge in [-0.2, -0.15) is 0 Å². The van der Waals surface area contributed by atoms with Gasteiger partial charge in [0.1, 0.15) is 5.75 Å². The predicted molar refractivity (Wildman–Crippen MR) is 95.4 cm³/mol. The molecule has 7 heteroatoms. The predicted octanol–water partition coefficient (Wildman–Crippen LogP) is 3.87. The molecule has 0 unspecified atom stereocenters. The fourth-order valence-electron chi connectivity index (χ4n) is 1.68. The zero-order chi connectivity index (χ0) is 16.7. The average Bonchev–Trinajstić information content (AvgIpc) is 2.99. The highest BCUT2D eigenvalue weighted by molar-refractivity contribution is 8.01. The molecular weight excluding hydrogens is 330 g/mol. The lowest BCUT2D eigenvalue weighted by Crippen LogP contribution is -2.20. The van der Waals surface area contributed by atoms with Crippen molar-refractivity contribution in [3.05, 3.63) is 29.8 Å². The fraction of sp³-hybridized carbons (Fsp3) is 0.438. The third-order valence-corrected chi connectivity index (χ3v) is 5.29. The van der Waals surface area contributed by atoms with Crippen molar-refractivity contribution in [1.29, 1.82) is 0 Å². The molecule has 1 aromatic heterocycles. The topological polar surface area (TPSA) is 64.1 Å². The number of aromatic nitrogens is 2. The number of carbonyl (C=O) groups is 1. The molecule has 0 saturated heterocycles. The lowest BCUT2D eigenvalue weighted by molar-refractivity contribution is -0.118. The number of carbonyl (C=O) groups excluding carboxylic acids is 1. The van der Waals surface area contributed by atoms with Crippen molar-refractivity contribution < 1.29 is 9.53 Å². The second kappa shape index (κ2) is 8.88. The SMILES string of the molecule is CCc1ccc(OCC(=O)Nc2nnc(SCC(C)C)s2)cc1. The van der Waals surface area contributed by atoms with E-state index in [0.29, 0.717) is 16.8 Å². The van der Waals surface area contributed by atoms with Crippen LogP contribution in [0.2, 0.25) is 0 Å². The molecule has 0 aliphatic heterocycles. The summed E-state index contributed by atoms with van der Waals surface area (Å²) in [5.74, 6) is 2.03. The number of hydrogen-bond acceptors (Lipinski definition) is 6. The second-order valence-electron chi connectivity index (χ2n) is 5.41. The second-order valence-corrected chi connectivity index (χ2v) is 7.66. The molecule has 5 nitrogen and oxygen atoms in total. The number of anilines is 1. The zero-order valence-electron chi connectivity index (χ0n) is 13.5. The summed E-state index contributed by atoms with van der Waals surface area (Å²) in [6.07, 6.45) is 0.981. The summed E-state index contributed by atoms with van der Waals surface area (Å²) >= 11 is 3.04. The van der Waals surface area contributed by atoms with Gasteiger partial charge in [-0.3, -0.25) is 10.1 Å². The first-order valence-electron chi connectivity index (χ1n) is 7.54. The van der Waals surface area contributed by atoms with Gasteiger partial charge >= 0.3 is 0 Å². The van der Waals surface area contributed by atoms with Crippen LogP contribution >= 0.6 is 23.1 Å². The molecule has 0 saturated carbocycles. The van der Waals surface area contributed by atoms with Gasteiger partial charge in [0, 0.05) is 5.75 Å². The molecule has 2 rings (SSSR count). The molecule has 0 aliphatic carbocycles. The Morgan fingerprint density at radius 1 is 1.30 bits per heavy atom. The van der Waals surface area contributed by atoms with Crippen molar-refractivity contribution in [2.75, 3.05) is 17.7 Å². The highest BCUT2D eigenvalue weighted by atomic mass is 32.2. The molecular formula is C16H21N3O2S2. The van der Waals surface area contributed by atoms with Gasteiger partial charge in [-0.05, 0) is 30.0 Å². The summed E-state index contributed by atoms with van der Waals surface area (Å²) < 4.78 is 6.33. The molecule has 0 fully saturated rings. The van der Waals surface area contributed by atoms with Crippen LogP contribution in [0.25, 0.3) is 0 Å². The quantitative estimate of drug-likeness (QED) is 0.578. The first kappa shape index (κ1) is 17.7. The first-order valence-corrected chi connectivity index (χ1v) is 9.35. The monoisotopic (exact) mass is 351 g/mol. The van der Waals surface area contributed by atoms with Crippen LogP contribution in [0.5, 0.6) is 5.75 Å². The average molecular weight is 351 g/mol. The Kier molecular flexibility index (Phi) is 6.85. The van der Waals surface area contributed by atoms with Crippen LogP contribution in [0, 0.1) is 5.92 Å². The van der Waals surface area contributed by atoms with Gasteiger partial charge in [0.05, 0.1) is 0 Å². The molecule has 2 aromatic rings. The van der Waals surface area contributed by atoms with Gasteiger partial charge in [0.15, 0.2) is 10.9 Å². The van der Waals surface area contributed by atoms with E-state index in [1.54, 1.807) is 11.8 Å². The normalized spacial score (nSPS) is 10.8. The molecule has 0 radical (unpaired) electrons. The highest BCUT2D eigenvalue weighted by Crippen LogP contribution is 2.26. The summed E-state index contributed by atoms with van der Waals surface area (Å²) in [7, 11) is 0. The molecule has 124 valence electrons. The largest absolute Gasteiger partial charge is 0.484 e. The Bertz CT molecular complexity index is 627. The molecule has 0 spiro atoms. The number of aryl methyl sites for hydroxylation is 1. The number of nitrogens with one attached hydrogen (secondary N) is 1. The fourth-order valence-corrected chi connectivity index (χ4v) is 3.43. The number of thioether (sulfide) groups is 1. The maximum Gasteiger partial charge on any atom is 0.264 e. The minimum atomic E-state index is -0.235. The molecule has 1 N–H and O–H groups in total. The number of ether oxygens (including phenoxy) is 1. The van der Waals surface area contributed by atoms with Crippen LogP contribution < -0.4 is 10.1 Å². The van der Waals surface area contributed by atoms with Gasteiger partial charge in [-0.25, -0.2) is 0 Å². The van der Waals surface area contributed by atoms with E-state index in [4.69, 9.17) is 4.74 Å². The molecule has 1 aromatic carbocycles. The van der Waals surface area contributed by atoms with Crippen molar-refractivity contribution in [3.8, 4) is 5.75 Å². The maximum absolute atomic E-state index is 11.9. The zero-order valence-corrected chi connectivity index (χ0v) is 15.2. The third-order valence-electron chi connectivity index (χ3n) is 2.89. The van der Waals surface area contributed by atoms with E-state index in [2.05, 4.69) is 36.3 Å². The number of benzene rings is 1. The van der Waals surface area contributed by atoms with Crippen LogP contribution in [0.15, 0.2) is 28.6 Å². The Morgan fingerprint density at radius 2 is 2.04 bits per heavy atom. The van der Waals surface area contributed by atoms with Crippen molar-refractivity contribution in [1.82, 2.24) is 10.2 Å². The number of rotatable bonds is 8. The van der Waals surface area contributed by atoms with Crippen LogP contribution in [-0.2, 0) is 11.2 Å². The van der Waals surface area contributed by atoms with E-state index in [9.17, 15) is 4.79 Å². The van der Waals surface area contributed by atoms with Crippen molar-refractivity contribution >= 4 is 34.1 Å². The Hall–Kier alpha value is -1.60. The first-order chi connectivity index (χ1) is 11.1. The van der Waals surface area contributed by atoms with Crippen LogP contribution in [0.3, 0.4) is 0 Å².